The van der Waals surface area contributed by atoms with Crippen LogP contribution in [-0.4, -0.2) is 12.6 Å². The number of benzene rings is 1. The molecule has 1 unspecified atom stereocenters. The molecule has 118 valence electrons. The molecule has 0 aliphatic heterocycles. The summed E-state index contributed by atoms with van der Waals surface area (Å²) in [6.45, 7) is 10.2. The lowest BCUT2D eigenvalue weighted by Crippen LogP contribution is -2.36. The Labute approximate surface area is 131 Å². The van der Waals surface area contributed by atoms with Crippen molar-refractivity contribution < 1.29 is 0 Å². The Morgan fingerprint density at radius 2 is 1.71 bits per heavy atom. The molecule has 1 N–H and O–H groups in total. The highest BCUT2D eigenvalue weighted by Gasteiger charge is 2.24. The fraction of sp³-hybridized carbons (Fsp3) is 0.700. The Hall–Kier alpha value is -0.820. The Kier molecular flexibility index (Phi) is 6.29. The second kappa shape index (κ2) is 7.98. The average Bonchev–Trinajstić information content (AvgIpc) is 2.94. The molecule has 0 saturated heterocycles. The lowest BCUT2D eigenvalue weighted by Gasteiger charge is -2.25. The van der Waals surface area contributed by atoms with Gasteiger partial charge in [-0.05, 0) is 82.0 Å². The van der Waals surface area contributed by atoms with E-state index in [1.807, 2.05) is 0 Å². The maximum Gasteiger partial charge on any atom is 0.00984 e. The largest absolute Gasteiger partial charge is 0.314 e. The zero-order valence-electron chi connectivity index (χ0n) is 14.5. The molecule has 1 aliphatic rings. The highest BCUT2D eigenvalue weighted by molar-refractivity contribution is 5.37. The van der Waals surface area contributed by atoms with Gasteiger partial charge in [-0.3, -0.25) is 0 Å². The summed E-state index contributed by atoms with van der Waals surface area (Å²) in [4.78, 5) is 0. The first-order valence-corrected chi connectivity index (χ1v) is 8.92. The first-order valence-electron chi connectivity index (χ1n) is 8.92. The molecule has 1 fully saturated rings. The Morgan fingerprint density at radius 1 is 1.10 bits per heavy atom. The van der Waals surface area contributed by atoms with Crippen LogP contribution >= 0.6 is 0 Å². The van der Waals surface area contributed by atoms with E-state index in [9.17, 15) is 0 Å². The molecular weight excluding hydrogens is 254 g/mol. The number of rotatable bonds is 7. The first-order chi connectivity index (χ1) is 10.1. The fourth-order valence-corrected chi connectivity index (χ4v) is 4.10. The topological polar surface area (TPSA) is 12.0 Å². The molecule has 1 aromatic rings. The van der Waals surface area contributed by atoms with Crippen molar-refractivity contribution in [3.8, 4) is 0 Å². The van der Waals surface area contributed by atoms with E-state index < -0.39 is 0 Å². The van der Waals surface area contributed by atoms with Crippen molar-refractivity contribution in [3.05, 3.63) is 34.4 Å². The van der Waals surface area contributed by atoms with Gasteiger partial charge in [0, 0.05) is 6.04 Å². The van der Waals surface area contributed by atoms with E-state index in [2.05, 4.69) is 45.1 Å². The van der Waals surface area contributed by atoms with Gasteiger partial charge in [-0.1, -0.05) is 37.5 Å². The smallest absolute Gasteiger partial charge is 0.00984 e. The summed E-state index contributed by atoms with van der Waals surface area (Å²) >= 11 is 0. The lowest BCUT2D eigenvalue weighted by atomic mass is 9.89. The lowest BCUT2D eigenvalue weighted by molar-refractivity contribution is 0.340. The van der Waals surface area contributed by atoms with E-state index in [-0.39, 0.29) is 0 Å². The molecule has 2 rings (SSSR count). The maximum atomic E-state index is 3.83. The number of nitrogens with one attached hydrogen (secondary N) is 1. The molecule has 21 heavy (non-hydrogen) atoms. The molecule has 0 heterocycles. The summed E-state index contributed by atoms with van der Waals surface area (Å²) in [5, 5.41) is 3.83. The third kappa shape index (κ3) is 4.57. The zero-order valence-corrected chi connectivity index (χ0v) is 14.5. The van der Waals surface area contributed by atoms with E-state index in [0.29, 0.717) is 0 Å². The fourth-order valence-electron chi connectivity index (χ4n) is 4.10. The van der Waals surface area contributed by atoms with Crippen molar-refractivity contribution in [2.24, 2.45) is 5.92 Å². The van der Waals surface area contributed by atoms with Gasteiger partial charge in [0.15, 0.2) is 0 Å². The first kappa shape index (κ1) is 16.5. The normalized spacial score (nSPS) is 17.3. The number of aryl methyl sites for hydroxylation is 3. The SMILES string of the molecule is CCCNC(CCc1c(C)cc(C)cc1C)C1CCCC1. The Balaban J connectivity index is 2.00. The van der Waals surface area contributed by atoms with Crippen molar-refractivity contribution in [2.45, 2.75) is 78.7 Å². The molecular formula is C20H33N. The minimum Gasteiger partial charge on any atom is -0.314 e. The van der Waals surface area contributed by atoms with Crippen molar-refractivity contribution in [1.29, 1.82) is 0 Å². The van der Waals surface area contributed by atoms with Gasteiger partial charge in [-0.15, -0.1) is 0 Å². The van der Waals surface area contributed by atoms with Crippen LogP contribution in [0.4, 0.5) is 0 Å². The van der Waals surface area contributed by atoms with Crippen LogP contribution in [0.5, 0.6) is 0 Å². The predicted octanol–water partition coefficient (Wildman–Crippen LogP) is 5.10. The summed E-state index contributed by atoms with van der Waals surface area (Å²) in [5.41, 5.74) is 5.94. The molecule has 1 aliphatic carbocycles. The van der Waals surface area contributed by atoms with E-state index in [0.717, 1.165) is 12.0 Å². The van der Waals surface area contributed by atoms with Crippen LogP contribution in [0.15, 0.2) is 12.1 Å². The van der Waals surface area contributed by atoms with Gasteiger partial charge in [0.25, 0.3) is 0 Å². The average molecular weight is 287 g/mol. The quantitative estimate of drug-likeness (QED) is 0.735. The molecule has 1 heteroatoms. The third-order valence-corrected chi connectivity index (χ3v) is 5.17. The van der Waals surface area contributed by atoms with Crippen molar-refractivity contribution in [2.75, 3.05) is 6.54 Å². The molecule has 0 aromatic heterocycles. The van der Waals surface area contributed by atoms with Gasteiger partial charge in [-0.2, -0.15) is 0 Å². The van der Waals surface area contributed by atoms with E-state index in [1.165, 1.54) is 68.2 Å². The van der Waals surface area contributed by atoms with Gasteiger partial charge in [0.1, 0.15) is 0 Å². The maximum absolute atomic E-state index is 3.83. The minimum absolute atomic E-state index is 0.729. The predicted molar refractivity (Wildman–Crippen MR) is 93.0 cm³/mol. The molecule has 1 saturated carbocycles. The van der Waals surface area contributed by atoms with Crippen LogP contribution in [0.25, 0.3) is 0 Å². The molecule has 0 radical (unpaired) electrons. The molecule has 0 amide bonds. The second-order valence-electron chi connectivity index (χ2n) is 7.02. The highest BCUT2D eigenvalue weighted by atomic mass is 14.9. The van der Waals surface area contributed by atoms with Crippen LogP contribution in [0.1, 0.15) is 67.7 Å². The summed E-state index contributed by atoms with van der Waals surface area (Å²) in [6, 6.07) is 5.41. The van der Waals surface area contributed by atoms with E-state index >= 15 is 0 Å². The van der Waals surface area contributed by atoms with Crippen molar-refractivity contribution >= 4 is 0 Å². The van der Waals surface area contributed by atoms with Crippen LogP contribution < -0.4 is 5.32 Å². The monoisotopic (exact) mass is 287 g/mol. The third-order valence-electron chi connectivity index (χ3n) is 5.17. The van der Waals surface area contributed by atoms with Gasteiger partial charge in [0.2, 0.25) is 0 Å². The van der Waals surface area contributed by atoms with Gasteiger partial charge in [-0.25, -0.2) is 0 Å². The molecule has 0 bridgehead atoms. The zero-order chi connectivity index (χ0) is 15.2. The highest BCUT2D eigenvalue weighted by Crippen LogP contribution is 2.30. The van der Waals surface area contributed by atoms with E-state index in [4.69, 9.17) is 0 Å². The summed E-state index contributed by atoms with van der Waals surface area (Å²) < 4.78 is 0. The molecule has 0 spiro atoms. The number of hydrogen-bond donors (Lipinski definition) is 1. The summed E-state index contributed by atoms with van der Waals surface area (Å²) in [5.74, 6) is 0.919. The van der Waals surface area contributed by atoms with Crippen molar-refractivity contribution in [1.82, 2.24) is 5.32 Å². The molecule has 1 atom stereocenters. The molecule has 1 nitrogen and oxygen atoms in total. The van der Waals surface area contributed by atoms with Crippen LogP contribution in [0.3, 0.4) is 0 Å². The van der Waals surface area contributed by atoms with Crippen molar-refractivity contribution in [3.63, 3.8) is 0 Å². The van der Waals surface area contributed by atoms with Gasteiger partial charge >= 0.3 is 0 Å². The number of hydrogen-bond acceptors (Lipinski definition) is 1. The Morgan fingerprint density at radius 3 is 2.29 bits per heavy atom. The van der Waals surface area contributed by atoms with Gasteiger partial charge < -0.3 is 5.32 Å². The minimum atomic E-state index is 0.729. The molecule has 1 aromatic carbocycles. The summed E-state index contributed by atoms with van der Waals surface area (Å²) in [6.07, 6.45) is 9.53. The standard InChI is InChI=1S/C20H33N/c1-5-12-21-20(18-8-6-7-9-18)11-10-19-16(3)13-15(2)14-17(19)4/h13-14,18,20-21H,5-12H2,1-4H3. The Bertz CT molecular complexity index is 420. The van der Waals surface area contributed by atoms with Crippen LogP contribution in [0.2, 0.25) is 0 Å². The second-order valence-corrected chi connectivity index (χ2v) is 7.02. The van der Waals surface area contributed by atoms with Gasteiger partial charge in [0.05, 0.1) is 0 Å². The summed E-state index contributed by atoms with van der Waals surface area (Å²) in [7, 11) is 0. The van der Waals surface area contributed by atoms with Crippen LogP contribution in [0, 0.1) is 26.7 Å². The van der Waals surface area contributed by atoms with Crippen LogP contribution in [-0.2, 0) is 6.42 Å². The van der Waals surface area contributed by atoms with E-state index in [1.54, 1.807) is 5.56 Å².